The summed E-state index contributed by atoms with van der Waals surface area (Å²) in [5, 5.41) is 0.585. The highest BCUT2D eigenvalue weighted by molar-refractivity contribution is 6.01. The van der Waals surface area contributed by atoms with Crippen molar-refractivity contribution < 1.29 is 28.2 Å². The van der Waals surface area contributed by atoms with Gasteiger partial charge in [0.15, 0.2) is 11.5 Å². The minimum absolute atomic E-state index is 0.134. The zero-order chi connectivity index (χ0) is 24.7. The standard InChI is InChI=1S/C28H24O7/c1-15-10-20-26(18(13-23(29)34-20)16-8-6-5-7-9-16)28-25(15)19(14-24(30)35-28)17-11-21(31-2)27(33-4)22(12-17)32-3/h5-13,19H,14H2,1-4H3/t19-/m0/s1. The van der Waals surface area contributed by atoms with Crippen molar-refractivity contribution in [1.29, 1.82) is 0 Å². The van der Waals surface area contributed by atoms with Crippen molar-refractivity contribution in [2.24, 2.45) is 0 Å². The van der Waals surface area contributed by atoms with Gasteiger partial charge >= 0.3 is 11.6 Å². The first-order valence-electron chi connectivity index (χ1n) is 11.1. The molecule has 3 aromatic carbocycles. The van der Waals surface area contributed by atoms with Crippen LogP contribution in [0.5, 0.6) is 23.0 Å². The number of methoxy groups -OCH3 is 3. The molecule has 1 aromatic heterocycles. The van der Waals surface area contributed by atoms with E-state index in [2.05, 4.69) is 0 Å². The quantitative estimate of drug-likeness (QED) is 0.223. The van der Waals surface area contributed by atoms with Gasteiger partial charge in [-0.2, -0.15) is 0 Å². The van der Waals surface area contributed by atoms with Crippen molar-refractivity contribution in [1.82, 2.24) is 0 Å². The molecule has 2 heterocycles. The zero-order valence-electron chi connectivity index (χ0n) is 19.8. The Kier molecular flexibility index (Phi) is 5.68. The second kappa shape index (κ2) is 8.83. The molecule has 35 heavy (non-hydrogen) atoms. The van der Waals surface area contributed by atoms with Crippen LogP contribution >= 0.6 is 0 Å². The number of ether oxygens (including phenoxy) is 4. The van der Waals surface area contributed by atoms with E-state index in [1.165, 1.54) is 6.07 Å². The fourth-order valence-corrected chi connectivity index (χ4v) is 4.83. The van der Waals surface area contributed by atoms with Crippen LogP contribution in [0.25, 0.3) is 22.1 Å². The van der Waals surface area contributed by atoms with Gasteiger partial charge in [-0.25, -0.2) is 4.79 Å². The summed E-state index contributed by atoms with van der Waals surface area (Å²) in [6, 6.07) is 16.4. The number of aryl methyl sites for hydroxylation is 1. The van der Waals surface area contributed by atoms with Gasteiger partial charge in [0.2, 0.25) is 5.75 Å². The minimum Gasteiger partial charge on any atom is -0.493 e. The van der Waals surface area contributed by atoms with Gasteiger partial charge in [-0.05, 0) is 41.8 Å². The third-order valence-corrected chi connectivity index (χ3v) is 6.34. The number of esters is 1. The molecular formula is C28H24O7. The molecule has 0 saturated carbocycles. The Hall–Kier alpha value is -4.26. The van der Waals surface area contributed by atoms with Crippen molar-refractivity contribution in [3.05, 3.63) is 81.7 Å². The second-order valence-corrected chi connectivity index (χ2v) is 8.34. The number of fused-ring (bicyclic) bond motifs is 3. The van der Waals surface area contributed by atoms with E-state index in [1.54, 1.807) is 21.3 Å². The van der Waals surface area contributed by atoms with Crippen molar-refractivity contribution >= 4 is 16.9 Å². The van der Waals surface area contributed by atoms with Gasteiger partial charge in [-0.3, -0.25) is 4.79 Å². The maximum absolute atomic E-state index is 12.9. The molecule has 5 rings (SSSR count). The summed E-state index contributed by atoms with van der Waals surface area (Å²) in [4.78, 5) is 25.3. The van der Waals surface area contributed by atoms with Crippen LogP contribution < -0.4 is 24.6 Å². The van der Waals surface area contributed by atoms with E-state index in [1.807, 2.05) is 55.5 Å². The fraction of sp³-hybridized carbons (Fsp3) is 0.214. The molecule has 0 aliphatic carbocycles. The first kappa shape index (κ1) is 22.5. The predicted molar refractivity (Wildman–Crippen MR) is 131 cm³/mol. The lowest BCUT2D eigenvalue weighted by Gasteiger charge is -2.29. The van der Waals surface area contributed by atoms with E-state index in [-0.39, 0.29) is 18.3 Å². The Morgan fingerprint density at radius 1 is 0.886 bits per heavy atom. The minimum atomic E-state index is -0.473. The molecule has 4 aromatic rings. The van der Waals surface area contributed by atoms with E-state index < -0.39 is 5.63 Å². The molecule has 178 valence electrons. The summed E-state index contributed by atoms with van der Waals surface area (Å²) in [5.74, 6) is 1.15. The molecule has 1 aliphatic rings. The van der Waals surface area contributed by atoms with Crippen molar-refractivity contribution in [3.63, 3.8) is 0 Å². The third-order valence-electron chi connectivity index (χ3n) is 6.34. The Labute approximate surface area is 201 Å². The molecule has 0 unspecified atom stereocenters. The van der Waals surface area contributed by atoms with Crippen LogP contribution in [0.3, 0.4) is 0 Å². The third kappa shape index (κ3) is 3.79. The van der Waals surface area contributed by atoms with Crippen LogP contribution in [-0.4, -0.2) is 27.3 Å². The lowest BCUT2D eigenvalue weighted by atomic mass is 9.82. The highest BCUT2D eigenvalue weighted by Gasteiger charge is 2.34. The molecular weight excluding hydrogens is 448 g/mol. The van der Waals surface area contributed by atoms with Crippen LogP contribution in [0.15, 0.2) is 63.8 Å². The molecule has 1 atom stereocenters. The average Bonchev–Trinajstić information content (AvgIpc) is 2.87. The molecule has 0 fully saturated rings. The maximum atomic E-state index is 12.9. The lowest BCUT2D eigenvalue weighted by molar-refractivity contribution is -0.135. The van der Waals surface area contributed by atoms with E-state index in [0.717, 1.165) is 22.3 Å². The molecule has 0 amide bonds. The van der Waals surface area contributed by atoms with Crippen molar-refractivity contribution in [2.75, 3.05) is 21.3 Å². The molecule has 0 saturated heterocycles. The monoisotopic (exact) mass is 472 g/mol. The van der Waals surface area contributed by atoms with Crippen LogP contribution in [0.2, 0.25) is 0 Å². The summed E-state index contributed by atoms with van der Waals surface area (Å²) >= 11 is 0. The fourth-order valence-electron chi connectivity index (χ4n) is 4.83. The number of carbonyl (C=O) groups excluding carboxylic acids is 1. The maximum Gasteiger partial charge on any atom is 0.336 e. The molecule has 7 nitrogen and oxygen atoms in total. The molecule has 7 heteroatoms. The average molecular weight is 472 g/mol. The topological polar surface area (TPSA) is 84.2 Å². The Morgan fingerprint density at radius 3 is 2.20 bits per heavy atom. The summed E-state index contributed by atoms with van der Waals surface area (Å²) in [5.41, 5.74) is 3.86. The van der Waals surface area contributed by atoms with Gasteiger partial charge in [0.1, 0.15) is 11.3 Å². The highest BCUT2D eigenvalue weighted by Crippen LogP contribution is 2.49. The van der Waals surface area contributed by atoms with E-state index in [0.29, 0.717) is 39.5 Å². The van der Waals surface area contributed by atoms with Gasteiger partial charge in [-0.15, -0.1) is 0 Å². The predicted octanol–water partition coefficient (Wildman–Crippen LogP) is 5.24. The molecule has 0 spiro atoms. The number of carbonyl (C=O) groups is 1. The second-order valence-electron chi connectivity index (χ2n) is 8.34. The van der Waals surface area contributed by atoms with Gasteiger partial charge in [0.25, 0.3) is 0 Å². The molecule has 1 aliphatic heterocycles. The SMILES string of the molecule is COc1cc([C@@H]2CC(=O)Oc3c2c(C)cc2oc(=O)cc(-c4ccccc4)c32)cc(OC)c1OC. The number of benzene rings is 3. The van der Waals surface area contributed by atoms with Crippen molar-refractivity contribution in [2.45, 2.75) is 19.3 Å². The molecule has 0 bridgehead atoms. The van der Waals surface area contributed by atoms with Crippen LogP contribution in [0.1, 0.15) is 29.0 Å². The Bertz CT molecular complexity index is 1480. The number of hydrogen-bond donors (Lipinski definition) is 0. The highest BCUT2D eigenvalue weighted by atomic mass is 16.5. The summed E-state index contributed by atoms with van der Waals surface area (Å²) in [6.45, 7) is 1.91. The first-order valence-corrected chi connectivity index (χ1v) is 11.1. The largest absolute Gasteiger partial charge is 0.493 e. The Balaban J connectivity index is 1.82. The van der Waals surface area contributed by atoms with Crippen LogP contribution in [0.4, 0.5) is 0 Å². The first-order chi connectivity index (χ1) is 16.9. The Morgan fingerprint density at radius 2 is 1.57 bits per heavy atom. The van der Waals surface area contributed by atoms with Crippen molar-refractivity contribution in [3.8, 4) is 34.1 Å². The van der Waals surface area contributed by atoms with Crippen LogP contribution in [-0.2, 0) is 4.79 Å². The van der Waals surface area contributed by atoms with E-state index in [4.69, 9.17) is 23.4 Å². The zero-order valence-corrected chi connectivity index (χ0v) is 19.8. The van der Waals surface area contributed by atoms with Crippen LogP contribution in [0, 0.1) is 6.92 Å². The van der Waals surface area contributed by atoms with Gasteiger partial charge < -0.3 is 23.4 Å². The molecule has 0 radical (unpaired) electrons. The number of rotatable bonds is 5. The normalized spacial score (nSPS) is 14.9. The number of hydrogen-bond acceptors (Lipinski definition) is 7. The van der Waals surface area contributed by atoms with E-state index >= 15 is 0 Å². The van der Waals surface area contributed by atoms with Gasteiger partial charge in [0, 0.05) is 23.1 Å². The lowest BCUT2D eigenvalue weighted by Crippen LogP contribution is -2.22. The summed E-state index contributed by atoms with van der Waals surface area (Å²) < 4.78 is 28.0. The summed E-state index contributed by atoms with van der Waals surface area (Å²) in [7, 11) is 4.65. The molecule has 0 N–H and O–H groups in total. The van der Waals surface area contributed by atoms with Gasteiger partial charge in [0.05, 0.1) is 33.1 Å². The summed E-state index contributed by atoms with van der Waals surface area (Å²) in [6.07, 6.45) is 0.134. The van der Waals surface area contributed by atoms with Gasteiger partial charge in [-0.1, -0.05) is 30.3 Å². The van der Waals surface area contributed by atoms with E-state index in [9.17, 15) is 9.59 Å². The smallest absolute Gasteiger partial charge is 0.336 e.